The predicted octanol–water partition coefficient (Wildman–Crippen LogP) is 4.70. The molecule has 0 radical (unpaired) electrons. The van der Waals surface area contributed by atoms with Gasteiger partial charge in [-0.15, -0.1) is 0 Å². The van der Waals surface area contributed by atoms with Crippen molar-refractivity contribution in [2.45, 2.75) is 37.6 Å². The zero-order chi connectivity index (χ0) is 14.7. The van der Waals surface area contributed by atoms with Crippen molar-refractivity contribution >= 4 is 15.9 Å². The van der Waals surface area contributed by atoms with Crippen molar-refractivity contribution in [2.24, 2.45) is 0 Å². The predicted molar refractivity (Wildman–Crippen MR) is 92.7 cm³/mol. The molecule has 1 nitrogen and oxygen atoms in total. The van der Waals surface area contributed by atoms with E-state index < -0.39 is 0 Å². The maximum atomic E-state index is 3.74. The molecule has 21 heavy (non-hydrogen) atoms. The monoisotopic (exact) mass is 343 g/mol. The second-order valence-corrected chi connectivity index (χ2v) is 6.88. The Kier molecular flexibility index (Phi) is 4.46. The number of benzene rings is 2. The third-order valence-corrected chi connectivity index (χ3v) is 5.14. The number of hydrogen-bond acceptors (Lipinski definition) is 1. The molecular weight excluding hydrogens is 322 g/mol. The standard InChI is InChI=1S/C19H22BrN/c1-2-21-18(14-15-8-10-17(20)11-9-15)19(12-13-19)16-6-4-3-5-7-16/h3-11,18,21H,2,12-14H2,1H3. The van der Waals surface area contributed by atoms with Gasteiger partial charge in [0.1, 0.15) is 0 Å². The molecule has 0 bridgehead atoms. The van der Waals surface area contributed by atoms with Crippen molar-refractivity contribution in [1.82, 2.24) is 5.32 Å². The molecular formula is C19H22BrN. The van der Waals surface area contributed by atoms with Crippen LogP contribution in [-0.4, -0.2) is 12.6 Å². The molecule has 1 saturated carbocycles. The quantitative estimate of drug-likeness (QED) is 0.801. The van der Waals surface area contributed by atoms with Gasteiger partial charge < -0.3 is 5.32 Å². The van der Waals surface area contributed by atoms with Crippen LogP contribution in [0.2, 0.25) is 0 Å². The topological polar surface area (TPSA) is 12.0 Å². The fraction of sp³-hybridized carbons (Fsp3) is 0.368. The molecule has 2 heteroatoms. The smallest absolute Gasteiger partial charge is 0.0204 e. The first-order chi connectivity index (χ1) is 10.2. The Morgan fingerprint density at radius 2 is 1.71 bits per heavy atom. The highest BCUT2D eigenvalue weighted by molar-refractivity contribution is 9.10. The lowest BCUT2D eigenvalue weighted by molar-refractivity contribution is 0.421. The van der Waals surface area contributed by atoms with Gasteiger partial charge >= 0.3 is 0 Å². The SMILES string of the molecule is CCNC(Cc1ccc(Br)cc1)C1(c2ccccc2)CC1. The van der Waals surface area contributed by atoms with Crippen LogP contribution >= 0.6 is 15.9 Å². The van der Waals surface area contributed by atoms with Gasteiger partial charge in [0.25, 0.3) is 0 Å². The molecule has 0 heterocycles. The average molecular weight is 344 g/mol. The molecule has 1 aliphatic carbocycles. The Hall–Kier alpha value is -1.12. The van der Waals surface area contributed by atoms with E-state index in [0.717, 1.165) is 17.4 Å². The summed E-state index contributed by atoms with van der Waals surface area (Å²) in [7, 11) is 0. The van der Waals surface area contributed by atoms with Gasteiger partial charge in [-0.3, -0.25) is 0 Å². The fourth-order valence-electron chi connectivity index (χ4n) is 3.31. The zero-order valence-electron chi connectivity index (χ0n) is 12.5. The molecule has 1 N–H and O–H groups in total. The lowest BCUT2D eigenvalue weighted by Crippen LogP contribution is -2.41. The first-order valence-corrected chi connectivity index (χ1v) is 8.57. The normalized spacial score (nSPS) is 17.4. The minimum atomic E-state index is 0.338. The van der Waals surface area contributed by atoms with Gasteiger partial charge in [0.2, 0.25) is 0 Å². The van der Waals surface area contributed by atoms with Crippen LogP contribution < -0.4 is 5.32 Å². The maximum Gasteiger partial charge on any atom is 0.0204 e. The molecule has 110 valence electrons. The van der Waals surface area contributed by atoms with Gasteiger partial charge in [-0.05, 0) is 49.1 Å². The summed E-state index contributed by atoms with van der Waals surface area (Å²) in [5.74, 6) is 0. The minimum Gasteiger partial charge on any atom is -0.313 e. The Balaban J connectivity index is 1.83. The third-order valence-electron chi connectivity index (χ3n) is 4.61. The van der Waals surface area contributed by atoms with Crippen LogP contribution in [0.25, 0.3) is 0 Å². The van der Waals surface area contributed by atoms with E-state index >= 15 is 0 Å². The number of rotatable bonds is 6. The molecule has 0 amide bonds. The summed E-state index contributed by atoms with van der Waals surface area (Å²) in [4.78, 5) is 0. The summed E-state index contributed by atoms with van der Waals surface area (Å²) < 4.78 is 1.15. The highest BCUT2D eigenvalue weighted by Crippen LogP contribution is 2.51. The molecule has 2 aromatic carbocycles. The average Bonchev–Trinajstić information content (AvgIpc) is 3.32. The lowest BCUT2D eigenvalue weighted by Gasteiger charge is -2.28. The summed E-state index contributed by atoms with van der Waals surface area (Å²) in [6, 6.07) is 20.3. The summed E-state index contributed by atoms with van der Waals surface area (Å²) in [6.07, 6.45) is 3.69. The highest BCUT2D eigenvalue weighted by atomic mass is 79.9. The largest absolute Gasteiger partial charge is 0.313 e. The van der Waals surface area contributed by atoms with Gasteiger partial charge in [0.15, 0.2) is 0 Å². The van der Waals surface area contributed by atoms with Crippen molar-refractivity contribution in [3.63, 3.8) is 0 Å². The van der Waals surface area contributed by atoms with Gasteiger partial charge in [0, 0.05) is 15.9 Å². The van der Waals surface area contributed by atoms with Crippen LogP contribution in [-0.2, 0) is 11.8 Å². The van der Waals surface area contributed by atoms with Crippen LogP contribution in [0.4, 0.5) is 0 Å². The number of likely N-dealkylation sites (N-methyl/N-ethyl adjacent to an activating group) is 1. The second-order valence-electron chi connectivity index (χ2n) is 5.96. The van der Waals surface area contributed by atoms with E-state index in [1.807, 2.05) is 0 Å². The number of hydrogen-bond donors (Lipinski definition) is 1. The number of halogens is 1. The molecule has 1 atom stereocenters. The molecule has 0 saturated heterocycles. The molecule has 0 aliphatic heterocycles. The summed E-state index contributed by atoms with van der Waals surface area (Å²) in [5, 5.41) is 3.74. The second kappa shape index (κ2) is 6.33. The van der Waals surface area contributed by atoms with Crippen LogP contribution in [0.3, 0.4) is 0 Å². The van der Waals surface area contributed by atoms with Crippen LogP contribution in [0, 0.1) is 0 Å². The molecule has 1 fully saturated rings. The molecule has 2 aromatic rings. The van der Waals surface area contributed by atoms with Gasteiger partial charge in [-0.25, -0.2) is 0 Å². The molecule has 1 unspecified atom stereocenters. The molecule has 0 spiro atoms. The van der Waals surface area contributed by atoms with Gasteiger partial charge in [0.05, 0.1) is 0 Å². The minimum absolute atomic E-state index is 0.338. The van der Waals surface area contributed by atoms with Gasteiger partial charge in [-0.1, -0.05) is 65.3 Å². The Labute approximate surface area is 135 Å². The first kappa shape index (κ1) is 14.8. The van der Waals surface area contributed by atoms with Gasteiger partial charge in [-0.2, -0.15) is 0 Å². The molecule has 0 aromatic heterocycles. The number of nitrogens with one attached hydrogen (secondary N) is 1. The Morgan fingerprint density at radius 3 is 2.29 bits per heavy atom. The molecule has 1 aliphatic rings. The highest BCUT2D eigenvalue weighted by Gasteiger charge is 2.49. The van der Waals surface area contributed by atoms with Crippen molar-refractivity contribution in [2.75, 3.05) is 6.54 Å². The van der Waals surface area contributed by atoms with Crippen molar-refractivity contribution in [3.8, 4) is 0 Å². The van der Waals surface area contributed by atoms with E-state index in [9.17, 15) is 0 Å². The Morgan fingerprint density at radius 1 is 1.05 bits per heavy atom. The van der Waals surface area contributed by atoms with Crippen molar-refractivity contribution in [1.29, 1.82) is 0 Å². The van der Waals surface area contributed by atoms with E-state index in [1.165, 1.54) is 24.0 Å². The van der Waals surface area contributed by atoms with E-state index in [4.69, 9.17) is 0 Å². The van der Waals surface area contributed by atoms with Crippen molar-refractivity contribution < 1.29 is 0 Å². The van der Waals surface area contributed by atoms with E-state index in [-0.39, 0.29) is 0 Å². The molecule has 3 rings (SSSR count). The zero-order valence-corrected chi connectivity index (χ0v) is 14.1. The van der Waals surface area contributed by atoms with E-state index in [1.54, 1.807) is 0 Å². The fourth-order valence-corrected chi connectivity index (χ4v) is 3.57. The summed E-state index contributed by atoms with van der Waals surface area (Å²) in [5.41, 5.74) is 3.24. The summed E-state index contributed by atoms with van der Waals surface area (Å²) in [6.45, 7) is 3.23. The van der Waals surface area contributed by atoms with E-state index in [0.29, 0.717) is 11.5 Å². The first-order valence-electron chi connectivity index (χ1n) is 7.78. The summed E-state index contributed by atoms with van der Waals surface area (Å²) >= 11 is 3.52. The maximum absolute atomic E-state index is 3.74. The van der Waals surface area contributed by atoms with Crippen LogP contribution in [0.5, 0.6) is 0 Å². The van der Waals surface area contributed by atoms with E-state index in [2.05, 4.69) is 82.8 Å². The van der Waals surface area contributed by atoms with Crippen LogP contribution in [0.15, 0.2) is 59.1 Å². The Bertz CT molecular complexity index is 572. The lowest BCUT2D eigenvalue weighted by atomic mass is 9.84. The van der Waals surface area contributed by atoms with Crippen LogP contribution in [0.1, 0.15) is 30.9 Å². The third kappa shape index (κ3) is 3.22. The van der Waals surface area contributed by atoms with Crippen molar-refractivity contribution in [3.05, 3.63) is 70.2 Å².